The minimum absolute atomic E-state index is 0.202. The van der Waals surface area contributed by atoms with E-state index >= 15 is 0 Å². The lowest BCUT2D eigenvalue weighted by molar-refractivity contribution is 0.677. The van der Waals surface area contributed by atoms with E-state index < -0.39 is 0 Å². The summed E-state index contributed by atoms with van der Waals surface area (Å²) < 4.78 is 0. The van der Waals surface area contributed by atoms with Crippen molar-refractivity contribution in [1.82, 2.24) is 0 Å². The van der Waals surface area contributed by atoms with E-state index in [2.05, 4.69) is 38.6 Å². The second kappa shape index (κ2) is 4.97. The Balaban J connectivity index is 2.74. The molecule has 0 saturated heterocycles. The molecule has 0 spiro atoms. The molecule has 0 radical (unpaired) electrons. The molecule has 0 amide bonds. The van der Waals surface area contributed by atoms with Crippen molar-refractivity contribution in [3.63, 3.8) is 0 Å². The summed E-state index contributed by atoms with van der Waals surface area (Å²) >= 11 is 0. The van der Waals surface area contributed by atoms with Crippen LogP contribution in [0, 0.1) is 13.8 Å². The fraction of sp³-hybridized carbons (Fsp3) is 0.385. The van der Waals surface area contributed by atoms with Gasteiger partial charge in [-0.05, 0) is 37.8 Å². The van der Waals surface area contributed by atoms with Crippen LogP contribution >= 0.6 is 0 Å². The molecule has 0 aliphatic carbocycles. The Labute approximate surface area is 86.6 Å². The van der Waals surface area contributed by atoms with Crippen molar-refractivity contribution in [2.75, 3.05) is 0 Å². The molecule has 76 valence electrons. The largest absolute Gasteiger partial charge is 0.327 e. The van der Waals surface area contributed by atoms with Gasteiger partial charge in [-0.15, -0.1) is 6.58 Å². The molecule has 14 heavy (non-hydrogen) atoms. The number of rotatable bonds is 4. The molecular formula is C13H19N. The monoisotopic (exact) mass is 189 g/mol. The molecule has 1 atom stereocenters. The Morgan fingerprint density at radius 1 is 1.43 bits per heavy atom. The van der Waals surface area contributed by atoms with Gasteiger partial charge in [0.05, 0.1) is 0 Å². The van der Waals surface area contributed by atoms with Gasteiger partial charge in [-0.25, -0.2) is 0 Å². The van der Waals surface area contributed by atoms with E-state index in [-0.39, 0.29) is 6.04 Å². The van der Waals surface area contributed by atoms with Crippen molar-refractivity contribution < 1.29 is 0 Å². The first-order valence-electron chi connectivity index (χ1n) is 5.06. The van der Waals surface area contributed by atoms with Crippen molar-refractivity contribution in [2.24, 2.45) is 5.73 Å². The lowest BCUT2D eigenvalue weighted by atomic mass is 9.98. The second-order valence-corrected chi connectivity index (χ2v) is 3.92. The van der Waals surface area contributed by atoms with Crippen LogP contribution in [-0.2, 0) is 6.42 Å². The maximum atomic E-state index is 5.96. The lowest BCUT2D eigenvalue weighted by Crippen LogP contribution is -2.22. The molecule has 0 bridgehead atoms. The Kier molecular flexibility index (Phi) is 3.90. The summed E-state index contributed by atoms with van der Waals surface area (Å²) in [6.45, 7) is 7.95. The molecule has 1 rings (SSSR count). The predicted octanol–water partition coefficient (Wildman–Crippen LogP) is 2.75. The molecule has 0 aliphatic heterocycles. The van der Waals surface area contributed by atoms with Crippen LogP contribution in [0.25, 0.3) is 0 Å². The summed E-state index contributed by atoms with van der Waals surface area (Å²) in [6, 6.07) is 6.72. The van der Waals surface area contributed by atoms with E-state index in [0.29, 0.717) is 0 Å². The fourth-order valence-electron chi connectivity index (χ4n) is 1.60. The molecule has 1 nitrogen and oxygen atoms in total. The average Bonchev–Trinajstić information content (AvgIpc) is 2.12. The zero-order valence-corrected chi connectivity index (χ0v) is 9.09. The molecule has 1 aromatic rings. The summed E-state index contributed by atoms with van der Waals surface area (Å²) in [5, 5.41) is 0. The standard InChI is InChI=1S/C13H19N/c1-4-5-13(14)9-12-8-10(2)6-7-11(12)3/h4,6-8,13H,1,5,9,14H2,2-3H3. The van der Waals surface area contributed by atoms with E-state index in [1.807, 2.05) is 6.08 Å². The summed E-state index contributed by atoms with van der Waals surface area (Å²) in [5.41, 5.74) is 9.96. The van der Waals surface area contributed by atoms with Gasteiger partial charge in [0, 0.05) is 6.04 Å². The minimum atomic E-state index is 0.202. The van der Waals surface area contributed by atoms with Gasteiger partial charge < -0.3 is 5.73 Å². The second-order valence-electron chi connectivity index (χ2n) is 3.92. The van der Waals surface area contributed by atoms with Gasteiger partial charge in [0.2, 0.25) is 0 Å². The molecule has 0 saturated carbocycles. The topological polar surface area (TPSA) is 26.0 Å². The molecule has 1 unspecified atom stereocenters. The van der Waals surface area contributed by atoms with Crippen molar-refractivity contribution in [3.8, 4) is 0 Å². The fourth-order valence-corrected chi connectivity index (χ4v) is 1.60. The van der Waals surface area contributed by atoms with Crippen LogP contribution in [0.5, 0.6) is 0 Å². The SMILES string of the molecule is C=CCC(N)Cc1cc(C)ccc1C. The van der Waals surface area contributed by atoms with Crippen LogP contribution in [0.4, 0.5) is 0 Å². The first kappa shape index (κ1) is 11.0. The van der Waals surface area contributed by atoms with Crippen molar-refractivity contribution in [3.05, 3.63) is 47.5 Å². The Bertz CT molecular complexity index is 315. The van der Waals surface area contributed by atoms with E-state index in [0.717, 1.165) is 12.8 Å². The number of nitrogens with two attached hydrogens (primary N) is 1. The maximum Gasteiger partial charge on any atom is 0.0114 e. The van der Waals surface area contributed by atoms with Crippen molar-refractivity contribution >= 4 is 0 Å². The van der Waals surface area contributed by atoms with E-state index in [1.165, 1.54) is 16.7 Å². The highest BCUT2D eigenvalue weighted by Crippen LogP contribution is 2.13. The van der Waals surface area contributed by atoms with Gasteiger partial charge in [-0.1, -0.05) is 29.8 Å². The van der Waals surface area contributed by atoms with Gasteiger partial charge in [-0.2, -0.15) is 0 Å². The van der Waals surface area contributed by atoms with Crippen molar-refractivity contribution in [1.29, 1.82) is 0 Å². The summed E-state index contributed by atoms with van der Waals surface area (Å²) in [4.78, 5) is 0. The quantitative estimate of drug-likeness (QED) is 0.724. The first-order valence-corrected chi connectivity index (χ1v) is 5.06. The van der Waals surface area contributed by atoms with Gasteiger partial charge in [0.25, 0.3) is 0 Å². The average molecular weight is 189 g/mol. The zero-order chi connectivity index (χ0) is 10.6. The highest BCUT2D eigenvalue weighted by Gasteiger charge is 2.04. The summed E-state index contributed by atoms with van der Waals surface area (Å²) in [7, 11) is 0. The van der Waals surface area contributed by atoms with Crippen LogP contribution in [0.15, 0.2) is 30.9 Å². The van der Waals surface area contributed by atoms with E-state index in [4.69, 9.17) is 5.73 Å². The zero-order valence-electron chi connectivity index (χ0n) is 9.09. The minimum Gasteiger partial charge on any atom is -0.327 e. The number of hydrogen-bond acceptors (Lipinski definition) is 1. The van der Waals surface area contributed by atoms with E-state index in [1.54, 1.807) is 0 Å². The normalized spacial score (nSPS) is 12.5. The molecule has 1 aromatic carbocycles. The molecular weight excluding hydrogens is 170 g/mol. The summed E-state index contributed by atoms with van der Waals surface area (Å²) in [5.74, 6) is 0. The molecule has 0 heterocycles. The highest BCUT2D eigenvalue weighted by atomic mass is 14.6. The van der Waals surface area contributed by atoms with Gasteiger partial charge in [-0.3, -0.25) is 0 Å². The summed E-state index contributed by atoms with van der Waals surface area (Å²) in [6.07, 6.45) is 3.71. The maximum absolute atomic E-state index is 5.96. The Morgan fingerprint density at radius 2 is 2.14 bits per heavy atom. The predicted molar refractivity (Wildman–Crippen MR) is 62.4 cm³/mol. The third-order valence-corrected chi connectivity index (χ3v) is 2.46. The molecule has 1 heteroatoms. The first-order chi connectivity index (χ1) is 6.63. The highest BCUT2D eigenvalue weighted by molar-refractivity contribution is 5.31. The third-order valence-electron chi connectivity index (χ3n) is 2.46. The van der Waals surface area contributed by atoms with Crippen LogP contribution in [0.1, 0.15) is 23.1 Å². The number of benzene rings is 1. The molecule has 0 fully saturated rings. The number of hydrogen-bond donors (Lipinski definition) is 1. The van der Waals surface area contributed by atoms with Crippen molar-refractivity contribution in [2.45, 2.75) is 32.7 Å². The number of aryl methyl sites for hydroxylation is 2. The Hall–Kier alpha value is -1.08. The molecule has 2 N–H and O–H groups in total. The third kappa shape index (κ3) is 3.00. The molecule has 0 aliphatic rings. The van der Waals surface area contributed by atoms with Gasteiger partial charge >= 0.3 is 0 Å². The van der Waals surface area contributed by atoms with Crippen LogP contribution < -0.4 is 5.73 Å². The van der Waals surface area contributed by atoms with Crippen LogP contribution in [-0.4, -0.2) is 6.04 Å². The van der Waals surface area contributed by atoms with E-state index in [9.17, 15) is 0 Å². The van der Waals surface area contributed by atoms with Gasteiger partial charge in [0.1, 0.15) is 0 Å². The van der Waals surface area contributed by atoms with Crippen LogP contribution in [0.2, 0.25) is 0 Å². The molecule has 0 aromatic heterocycles. The Morgan fingerprint density at radius 3 is 2.79 bits per heavy atom. The lowest BCUT2D eigenvalue weighted by Gasteiger charge is -2.12. The van der Waals surface area contributed by atoms with Crippen LogP contribution in [0.3, 0.4) is 0 Å². The smallest absolute Gasteiger partial charge is 0.0114 e. The van der Waals surface area contributed by atoms with Gasteiger partial charge in [0.15, 0.2) is 0 Å².